The molecular formula is C26H26Br3Cl2N6NaO6. The third-order valence-corrected chi connectivity index (χ3v) is 6.42. The number of carboxylic acid groups (broad SMARTS) is 1. The summed E-state index contributed by atoms with van der Waals surface area (Å²) in [6, 6.07) is 9.67. The Morgan fingerprint density at radius 1 is 0.864 bits per heavy atom. The molecule has 44 heavy (non-hydrogen) atoms. The van der Waals surface area contributed by atoms with E-state index in [2.05, 4.69) is 64.1 Å². The molecule has 0 aliphatic rings. The number of halogens is 5. The van der Waals surface area contributed by atoms with Crippen LogP contribution < -0.4 is 45.8 Å². The van der Waals surface area contributed by atoms with Crippen LogP contribution in [0.1, 0.15) is 23.4 Å². The summed E-state index contributed by atoms with van der Waals surface area (Å²) in [4.78, 5) is 71.9. The van der Waals surface area contributed by atoms with Crippen LogP contribution in [0.4, 0.5) is 0 Å². The molecule has 1 unspecified atom stereocenters. The van der Waals surface area contributed by atoms with Crippen molar-refractivity contribution in [1.29, 1.82) is 0 Å². The molecule has 0 fully saturated rings. The summed E-state index contributed by atoms with van der Waals surface area (Å²) in [5.74, 6) is -0.809. The molecule has 0 aliphatic carbocycles. The number of aromatic nitrogens is 4. The molecule has 0 spiro atoms. The molecule has 0 radical (unpaired) electrons. The molecule has 0 saturated heterocycles. The van der Waals surface area contributed by atoms with Crippen molar-refractivity contribution in [3.63, 3.8) is 0 Å². The third-order valence-electron chi connectivity index (χ3n) is 5.12. The van der Waals surface area contributed by atoms with Gasteiger partial charge in [0.25, 0.3) is 11.1 Å². The fourth-order valence-corrected chi connectivity index (χ4v) is 4.10. The van der Waals surface area contributed by atoms with Crippen molar-refractivity contribution in [1.82, 2.24) is 29.7 Å². The third kappa shape index (κ3) is 13.3. The topological polar surface area (TPSA) is 172 Å². The van der Waals surface area contributed by atoms with Crippen molar-refractivity contribution < 1.29 is 49.0 Å². The van der Waals surface area contributed by atoms with E-state index in [-0.39, 0.29) is 64.7 Å². The number of likely N-dealkylation sites (N-methyl/N-ethyl adjacent to an activating group) is 2. The minimum absolute atomic E-state index is 0. The van der Waals surface area contributed by atoms with E-state index in [1.54, 1.807) is 64.6 Å². The van der Waals surface area contributed by atoms with Gasteiger partial charge in [0.15, 0.2) is 4.83 Å². The number of nitrogens with one attached hydrogen (secondary N) is 2. The molecule has 2 heterocycles. The van der Waals surface area contributed by atoms with E-state index in [1.165, 1.54) is 9.80 Å². The van der Waals surface area contributed by atoms with Gasteiger partial charge >= 0.3 is 29.6 Å². The number of carbonyl (C=O) groups excluding carboxylic acids is 3. The van der Waals surface area contributed by atoms with E-state index in [9.17, 15) is 19.2 Å². The second-order valence-electron chi connectivity index (χ2n) is 8.84. The van der Waals surface area contributed by atoms with Gasteiger partial charge in [-0.15, -0.1) is 0 Å². The predicted octanol–water partition coefficient (Wildman–Crippen LogP) is 0.759. The molecule has 18 heteroatoms. The van der Waals surface area contributed by atoms with Crippen LogP contribution in [0.5, 0.6) is 0 Å². The number of hydrogen-bond acceptors (Lipinski definition) is 8. The largest absolute Gasteiger partial charge is 1.00 e. The summed E-state index contributed by atoms with van der Waals surface area (Å²) in [6.45, 7) is 0.972. The molecule has 2 N–H and O–H groups in total. The second kappa shape index (κ2) is 20.3. The Bertz CT molecular complexity index is 1720. The van der Waals surface area contributed by atoms with Gasteiger partial charge in [-0.2, -0.15) is 0 Å². The number of alkyl halides is 1. The number of carboxylic acids is 1. The van der Waals surface area contributed by atoms with E-state index in [0.29, 0.717) is 37.7 Å². The molecule has 0 aliphatic heterocycles. The van der Waals surface area contributed by atoms with Crippen molar-refractivity contribution in [3.05, 3.63) is 78.8 Å². The summed E-state index contributed by atoms with van der Waals surface area (Å²) in [5.41, 5.74) is 0.390. The maximum Gasteiger partial charge on any atom is 1.00 e. The molecule has 4 rings (SSSR count). The molecule has 2 amide bonds. The van der Waals surface area contributed by atoms with Gasteiger partial charge in [-0.3, -0.25) is 19.2 Å². The Labute approximate surface area is 308 Å². The number of H-pyrrole nitrogens is 2. The van der Waals surface area contributed by atoms with Crippen LogP contribution in [-0.2, 0) is 20.8 Å². The van der Waals surface area contributed by atoms with Crippen LogP contribution >= 0.6 is 67.4 Å². The monoisotopic (exact) mass is 848 g/mol. The number of nitrogens with zero attached hydrogens (tertiary/aromatic N) is 4. The molecule has 4 aromatic rings. The maximum absolute atomic E-state index is 11.9. The average Bonchev–Trinajstić information content (AvgIpc) is 2.92. The van der Waals surface area contributed by atoms with Crippen LogP contribution in [0.3, 0.4) is 0 Å². The smallest absolute Gasteiger partial charge is 0.550 e. The summed E-state index contributed by atoms with van der Waals surface area (Å²) >= 11 is 20.5. The molecule has 232 valence electrons. The van der Waals surface area contributed by atoms with Crippen molar-refractivity contribution >= 4 is 107 Å². The molecule has 0 bridgehead atoms. The normalized spacial score (nSPS) is 10.4. The van der Waals surface area contributed by atoms with Crippen LogP contribution in [0.15, 0.2) is 46.0 Å². The first-order valence-electron chi connectivity index (χ1n) is 11.9. The fraction of sp³-hybridized carbons (Fsp3) is 0.269. The minimum Gasteiger partial charge on any atom is -0.550 e. The molecule has 12 nitrogen and oxygen atoms in total. The first-order chi connectivity index (χ1) is 20.1. The van der Waals surface area contributed by atoms with Crippen LogP contribution in [0, 0.1) is 0 Å². The Kier molecular flexibility index (Phi) is 19.5. The minimum atomic E-state index is -1.08. The molecule has 2 aromatic heterocycles. The Morgan fingerprint density at radius 3 is 1.73 bits per heavy atom. The Hall–Kier alpha value is -1.85. The predicted molar refractivity (Wildman–Crippen MR) is 176 cm³/mol. The summed E-state index contributed by atoms with van der Waals surface area (Å²) in [7, 11) is 6.57. The summed E-state index contributed by atoms with van der Waals surface area (Å²) < 4.78 is 0. The van der Waals surface area contributed by atoms with Crippen LogP contribution in [0.25, 0.3) is 21.8 Å². The van der Waals surface area contributed by atoms with Gasteiger partial charge in [-0.1, -0.05) is 39.1 Å². The second-order valence-corrected chi connectivity index (χ2v) is 10.6. The van der Waals surface area contributed by atoms with Gasteiger partial charge in [0, 0.05) is 72.5 Å². The summed E-state index contributed by atoms with van der Waals surface area (Å²) in [5, 5.41) is 10.8. The molecule has 2 aromatic carbocycles. The fourth-order valence-electron chi connectivity index (χ4n) is 3.14. The number of fused-ring (bicyclic) bond motifs is 2. The summed E-state index contributed by atoms with van der Waals surface area (Å²) in [6.07, 6.45) is 0.0602. The first kappa shape index (κ1) is 42.1. The molecule has 1 atom stereocenters. The van der Waals surface area contributed by atoms with Gasteiger partial charge in [0.05, 0.1) is 28.2 Å². The van der Waals surface area contributed by atoms with Crippen LogP contribution in [0.2, 0.25) is 10.0 Å². The molecular weight excluding hydrogens is 826 g/mol. The van der Waals surface area contributed by atoms with Crippen molar-refractivity contribution in [2.45, 2.75) is 18.2 Å². The Morgan fingerprint density at radius 2 is 1.30 bits per heavy atom. The Balaban J connectivity index is 0.000000701. The van der Waals surface area contributed by atoms with E-state index in [0.717, 1.165) is 6.92 Å². The standard InChI is InChI=1S/C12H11BrClN3O2.C12H12ClN3O2.C2H4O2.Br2.Na/c1-17(2)12(19)9(13)10-15-8-5-6(14)3-4-7(8)11(18)16-10;1-16(2)11(17)6-10-14-9-5-7(13)3-4-8(9)12(18)15-10;1-2(3)4;1-2;/h3-5,9H,1-2H3,(H,15,16,18);3-5H,6H2,1-2H3,(H,14,15,18);1H3,(H,3,4);;/q;;;;+1/p-1. The van der Waals surface area contributed by atoms with E-state index >= 15 is 0 Å². The zero-order valence-electron chi connectivity index (χ0n) is 24.4. The average molecular weight is 852 g/mol. The van der Waals surface area contributed by atoms with Gasteiger partial charge < -0.3 is 29.7 Å². The van der Waals surface area contributed by atoms with E-state index in [4.69, 9.17) is 33.1 Å². The van der Waals surface area contributed by atoms with Gasteiger partial charge in [-0.05, 0) is 43.3 Å². The van der Waals surface area contributed by atoms with Crippen molar-refractivity contribution in [3.8, 4) is 0 Å². The van der Waals surface area contributed by atoms with Gasteiger partial charge in [0.2, 0.25) is 11.8 Å². The SMILES string of the molecule is BrBr.CC(=O)[O-].CN(C)C(=O)C(Br)c1nc2cc(Cl)ccc2c(=O)[nH]1.CN(C)C(=O)Cc1nc2cc(Cl)ccc2c(=O)[nH]1.[Na+]. The zero-order chi connectivity index (χ0) is 33.0. The van der Waals surface area contributed by atoms with E-state index < -0.39 is 10.8 Å². The first-order valence-corrected chi connectivity index (χ1v) is 17.2. The van der Waals surface area contributed by atoms with Gasteiger partial charge in [0.1, 0.15) is 11.6 Å². The number of amides is 2. The van der Waals surface area contributed by atoms with Crippen molar-refractivity contribution in [2.75, 3.05) is 28.2 Å². The van der Waals surface area contributed by atoms with Crippen molar-refractivity contribution in [2.24, 2.45) is 0 Å². The van der Waals surface area contributed by atoms with E-state index in [1.807, 2.05) is 0 Å². The number of benzene rings is 2. The van der Waals surface area contributed by atoms with Gasteiger partial charge in [-0.25, -0.2) is 9.97 Å². The number of rotatable bonds is 4. The number of aromatic amines is 2. The quantitative estimate of drug-likeness (QED) is 0.224. The number of carbonyl (C=O) groups is 3. The molecule has 0 saturated carbocycles. The number of aliphatic carboxylic acids is 1. The number of hydrogen-bond donors (Lipinski definition) is 2. The van der Waals surface area contributed by atoms with Crippen LogP contribution in [-0.4, -0.2) is 75.7 Å². The maximum atomic E-state index is 11.9. The zero-order valence-corrected chi connectivity index (χ0v) is 32.6.